The van der Waals surface area contributed by atoms with Crippen LogP contribution in [0.25, 0.3) is 0 Å². The van der Waals surface area contributed by atoms with Gasteiger partial charge in [-0.25, -0.2) is 4.79 Å². The smallest absolute Gasteiger partial charge is 0.335 e. The van der Waals surface area contributed by atoms with Crippen molar-refractivity contribution in [3.8, 4) is 5.75 Å². The summed E-state index contributed by atoms with van der Waals surface area (Å²) in [4.78, 5) is 12.2. The van der Waals surface area contributed by atoms with E-state index in [1.54, 1.807) is 18.2 Å². The molecule has 0 amide bonds. The highest BCUT2D eigenvalue weighted by Gasteiger charge is 2.23. The second-order valence-electron chi connectivity index (χ2n) is 5.74. The molecule has 0 aliphatic rings. The lowest BCUT2D eigenvalue weighted by molar-refractivity contribution is -0.161. The molecule has 0 saturated carbocycles. The minimum atomic E-state index is -0.638. The average Bonchev–Trinajstić information content (AvgIpc) is 2.43. The SMILES string of the molecule is CCC(C)OC(Cc1cccc(O)c1)C(=O)OCC(C)C. The second-order valence-corrected chi connectivity index (χ2v) is 5.74. The molecule has 1 aromatic rings. The van der Waals surface area contributed by atoms with E-state index in [0.29, 0.717) is 18.9 Å². The Labute approximate surface area is 127 Å². The lowest BCUT2D eigenvalue weighted by Gasteiger charge is -2.21. The van der Waals surface area contributed by atoms with Crippen LogP contribution >= 0.6 is 0 Å². The standard InChI is InChI=1S/C17H26O4/c1-5-13(4)21-16(17(19)20-11-12(2)3)10-14-7-6-8-15(18)9-14/h6-9,12-13,16,18H,5,10-11H2,1-4H3. The maximum atomic E-state index is 12.2. The molecule has 118 valence electrons. The molecule has 0 fully saturated rings. The Hall–Kier alpha value is -1.55. The number of benzene rings is 1. The summed E-state index contributed by atoms with van der Waals surface area (Å²) in [5.74, 6) is 0.136. The fraction of sp³-hybridized carbons (Fsp3) is 0.588. The molecular weight excluding hydrogens is 268 g/mol. The number of carbonyl (C=O) groups excluding carboxylic acids is 1. The molecule has 2 unspecified atom stereocenters. The normalized spacial score (nSPS) is 14.0. The fourth-order valence-corrected chi connectivity index (χ4v) is 1.80. The quantitative estimate of drug-likeness (QED) is 0.747. The zero-order valence-corrected chi connectivity index (χ0v) is 13.3. The number of carbonyl (C=O) groups is 1. The van der Waals surface area contributed by atoms with Crippen molar-refractivity contribution in [3.63, 3.8) is 0 Å². The predicted molar refractivity (Wildman–Crippen MR) is 82.2 cm³/mol. The molecule has 1 rings (SSSR count). The highest BCUT2D eigenvalue weighted by molar-refractivity contribution is 5.75. The zero-order valence-electron chi connectivity index (χ0n) is 13.3. The van der Waals surface area contributed by atoms with Crippen LogP contribution in [0.5, 0.6) is 5.75 Å². The van der Waals surface area contributed by atoms with Crippen molar-refractivity contribution in [1.82, 2.24) is 0 Å². The van der Waals surface area contributed by atoms with Gasteiger partial charge in [-0.2, -0.15) is 0 Å². The number of esters is 1. The summed E-state index contributed by atoms with van der Waals surface area (Å²) in [7, 11) is 0. The van der Waals surface area contributed by atoms with Gasteiger partial charge in [0.05, 0.1) is 12.7 Å². The molecule has 1 N–H and O–H groups in total. The molecular formula is C17H26O4. The monoisotopic (exact) mass is 294 g/mol. The molecule has 1 aromatic carbocycles. The Balaban J connectivity index is 2.74. The van der Waals surface area contributed by atoms with E-state index in [-0.39, 0.29) is 17.8 Å². The van der Waals surface area contributed by atoms with E-state index in [1.807, 2.05) is 33.8 Å². The van der Waals surface area contributed by atoms with Gasteiger partial charge in [-0.15, -0.1) is 0 Å². The van der Waals surface area contributed by atoms with Gasteiger partial charge in [-0.1, -0.05) is 32.9 Å². The third-order valence-corrected chi connectivity index (χ3v) is 3.12. The molecule has 0 radical (unpaired) electrons. The third kappa shape index (κ3) is 6.63. The van der Waals surface area contributed by atoms with Crippen molar-refractivity contribution < 1.29 is 19.4 Å². The summed E-state index contributed by atoms with van der Waals surface area (Å²) in [6.45, 7) is 8.32. The number of aromatic hydroxyl groups is 1. The van der Waals surface area contributed by atoms with Gasteiger partial charge in [-0.05, 0) is 37.0 Å². The van der Waals surface area contributed by atoms with Crippen molar-refractivity contribution in [1.29, 1.82) is 0 Å². The number of phenols is 1. The van der Waals surface area contributed by atoms with Gasteiger partial charge in [0.15, 0.2) is 6.10 Å². The molecule has 0 heterocycles. The lowest BCUT2D eigenvalue weighted by atomic mass is 10.1. The molecule has 2 atom stereocenters. The van der Waals surface area contributed by atoms with Crippen LogP contribution in [0.1, 0.15) is 39.7 Å². The lowest BCUT2D eigenvalue weighted by Crippen LogP contribution is -2.32. The van der Waals surface area contributed by atoms with E-state index >= 15 is 0 Å². The van der Waals surface area contributed by atoms with Crippen LogP contribution in [-0.2, 0) is 20.7 Å². The Bertz CT molecular complexity index is 442. The van der Waals surface area contributed by atoms with Crippen LogP contribution in [0, 0.1) is 5.92 Å². The number of rotatable bonds is 8. The van der Waals surface area contributed by atoms with Crippen LogP contribution < -0.4 is 0 Å². The van der Waals surface area contributed by atoms with E-state index in [0.717, 1.165) is 12.0 Å². The molecule has 0 spiro atoms. The maximum absolute atomic E-state index is 12.2. The minimum absolute atomic E-state index is 0.0149. The summed E-state index contributed by atoms with van der Waals surface area (Å²) in [6, 6.07) is 6.86. The molecule has 0 aromatic heterocycles. The van der Waals surface area contributed by atoms with Crippen molar-refractivity contribution in [2.45, 2.75) is 52.7 Å². The average molecular weight is 294 g/mol. The summed E-state index contributed by atoms with van der Waals surface area (Å²) in [5.41, 5.74) is 0.852. The number of ether oxygens (including phenoxy) is 2. The Kier molecular flexibility index (Phi) is 7.23. The van der Waals surface area contributed by atoms with Crippen LogP contribution in [-0.4, -0.2) is 29.9 Å². The molecule has 0 aliphatic carbocycles. The van der Waals surface area contributed by atoms with Gasteiger partial charge in [0, 0.05) is 6.42 Å². The topological polar surface area (TPSA) is 55.8 Å². The van der Waals surface area contributed by atoms with E-state index in [1.165, 1.54) is 0 Å². The van der Waals surface area contributed by atoms with E-state index in [2.05, 4.69) is 0 Å². The third-order valence-electron chi connectivity index (χ3n) is 3.12. The molecule has 0 saturated heterocycles. The van der Waals surface area contributed by atoms with E-state index in [4.69, 9.17) is 9.47 Å². The van der Waals surface area contributed by atoms with Gasteiger partial charge in [0.1, 0.15) is 5.75 Å². The number of hydrogen-bond acceptors (Lipinski definition) is 4. The largest absolute Gasteiger partial charge is 0.508 e. The maximum Gasteiger partial charge on any atom is 0.335 e. The van der Waals surface area contributed by atoms with Crippen molar-refractivity contribution in [2.24, 2.45) is 5.92 Å². The fourth-order valence-electron chi connectivity index (χ4n) is 1.80. The van der Waals surface area contributed by atoms with Gasteiger partial charge >= 0.3 is 5.97 Å². The number of phenolic OH excluding ortho intramolecular Hbond substituents is 1. The van der Waals surface area contributed by atoms with E-state index < -0.39 is 6.10 Å². The Morgan fingerprint density at radius 1 is 1.29 bits per heavy atom. The first kappa shape index (κ1) is 17.5. The van der Waals surface area contributed by atoms with Crippen molar-refractivity contribution in [2.75, 3.05) is 6.61 Å². The van der Waals surface area contributed by atoms with Crippen molar-refractivity contribution in [3.05, 3.63) is 29.8 Å². The number of hydrogen-bond donors (Lipinski definition) is 1. The second kappa shape index (κ2) is 8.67. The minimum Gasteiger partial charge on any atom is -0.508 e. The van der Waals surface area contributed by atoms with Gasteiger partial charge < -0.3 is 14.6 Å². The van der Waals surface area contributed by atoms with Crippen LogP contribution in [0.3, 0.4) is 0 Å². The molecule has 0 bridgehead atoms. The van der Waals surface area contributed by atoms with Crippen LogP contribution in [0.15, 0.2) is 24.3 Å². The van der Waals surface area contributed by atoms with Crippen molar-refractivity contribution >= 4 is 5.97 Å². The van der Waals surface area contributed by atoms with Gasteiger partial charge in [-0.3, -0.25) is 0 Å². The van der Waals surface area contributed by atoms with Gasteiger partial charge in [0.25, 0.3) is 0 Å². The summed E-state index contributed by atoms with van der Waals surface area (Å²) in [6.07, 6.45) is 0.573. The van der Waals surface area contributed by atoms with E-state index in [9.17, 15) is 9.90 Å². The Morgan fingerprint density at radius 2 is 2.00 bits per heavy atom. The molecule has 4 nitrogen and oxygen atoms in total. The molecule has 21 heavy (non-hydrogen) atoms. The Morgan fingerprint density at radius 3 is 2.57 bits per heavy atom. The summed E-state index contributed by atoms with van der Waals surface area (Å²) < 4.78 is 11.1. The summed E-state index contributed by atoms with van der Waals surface area (Å²) in [5, 5.41) is 9.51. The first-order valence-electron chi connectivity index (χ1n) is 7.52. The van der Waals surface area contributed by atoms with Crippen LogP contribution in [0.2, 0.25) is 0 Å². The predicted octanol–water partition coefficient (Wildman–Crippen LogP) is 3.32. The highest BCUT2D eigenvalue weighted by Crippen LogP contribution is 2.16. The summed E-state index contributed by atoms with van der Waals surface area (Å²) >= 11 is 0. The first-order chi connectivity index (χ1) is 9.92. The molecule has 0 aliphatic heterocycles. The highest BCUT2D eigenvalue weighted by atomic mass is 16.6. The molecule has 4 heteroatoms. The van der Waals surface area contributed by atoms with Gasteiger partial charge in [0.2, 0.25) is 0 Å². The van der Waals surface area contributed by atoms with Crippen LogP contribution in [0.4, 0.5) is 0 Å². The first-order valence-corrected chi connectivity index (χ1v) is 7.52. The zero-order chi connectivity index (χ0) is 15.8.